The van der Waals surface area contributed by atoms with Crippen molar-refractivity contribution in [3.63, 3.8) is 0 Å². The van der Waals surface area contributed by atoms with Crippen LogP contribution in [0.3, 0.4) is 0 Å². The van der Waals surface area contributed by atoms with Gasteiger partial charge < -0.3 is 15.4 Å². The van der Waals surface area contributed by atoms with Gasteiger partial charge in [-0.25, -0.2) is 0 Å². The lowest BCUT2D eigenvalue weighted by Crippen LogP contribution is -2.44. The predicted octanol–water partition coefficient (Wildman–Crippen LogP) is 2.12. The molecule has 1 heterocycles. The largest absolute Gasteiger partial charge is 0.497 e. The van der Waals surface area contributed by atoms with Crippen LogP contribution in [-0.4, -0.2) is 31.2 Å². The van der Waals surface area contributed by atoms with E-state index in [1.54, 1.807) is 21.0 Å². The molecular formula is C20H22N4O3S. The van der Waals surface area contributed by atoms with Gasteiger partial charge in [0.2, 0.25) is 11.8 Å². The van der Waals surface area contributed by atoms with Crippen molar-refractivity contribution in [2.45, 2.75) is 20.3 Å². The molecule has 0 saturated heterocycles. The fraction of sp³-hybridized carbons (Fsp3) is 0.400. The number of thioether (sulfide) groups is 1. The number of nitrogens with one attached hydrogen (secondary N) is 2. The van der Waals surface area contributed by atoms with Gasteiger partial charge in [-0.05, 0) is 24.1 Å². The molecule has 2 N–H and O–H groups in total. The highest BCUT2D eigenvalue weighted by atomic mass is 32.2. The summed E-state index contributed by atoms with van der Waals surface area (Å²) in [4.78, 5) is 24.2. The zero-order valence-corrected chi connectivity index (χ0v) is 16.9. The molecule has 0 aliphatic carbocycles. The monoisotopic (exact) mass is 398 g/mol. The van der Waals surface area contributed by atoms with Gasteiger partial charge in [-0.3, -0.25) is 9.59 Å². The highest BCUT2D eigenvalue weighted by Crippen LogP contribution is 2.41. The normalized spacial score (nSPS) is 17.9. The van der Waals surface area contributed by atoms with Crippen molar-refractivity contribution in [3.05, 3.63) is 40.4 Å². The molecule has 0 fully saturated rings. The molecule has 1 aliphatic rings. The molecular weight excluding hydrogens is 376 g/mol. The third kappa shape index (κ3) is 4.85. The number of methoxy groups -OCH3 is 1. The predicted molar refractivity (Wildman–Crippen MR) is 106 cm³/mol. The van der Waals surface area contributed by atoms with Gasteiger partial charge in [0.1, 0.15) is 11.7 Å². The van der Waals surface area contributed by atoms with Crippen molar-refractivity contribution in [2.24, 2.45) is 11.3 Å². The summed E-state index contributed by atoms with van der Waals surface area (Å²) in [6, 6.07) is 11.6. The van der Waals surface area contributed by atoms with Crippen molar-refractivity contribution < 1.29 is 14.3 Å². The Balaban J connectivity index is 1.90. The molecule has 1 aromatic carbocycles. The van der Waals surface area contributed by atoms with Crippen LogP contribution in [-0.2, 0) is 16.0 Å². The molecule has 146 valence electrons. The SMILES string of the molecule is COc1ccc(CCNC(=O)CSC2=C(C#N)C(C)(C)[C@H](C#N)C(=O)N2)cc1. The summed E-state index contributed by atoms with van der Waals surface area (Å²) < 4.78 is 5.11. The average molecular weight is 398 g/mol. The van der Waals surface area contributed by atoms with E-state index in [0.717, 1.165) is 23.1 Å². The number of nitriles is 2. The molecule has 7 nitrogen and oxygen atoms in total. The number of ether oxygens (including phenoxy) is 1. The molecule has 1 atom stereocenters. The van der Waals surface area contributed by atoms with Crippen LogP contribution in [0, 0.1) is 34.0 Å². The van der Waals surface area contributed by atoms with Crippen LogP contribution in [0.5, 0.6) is 5.75 Å². The van der Waals surface area contributed by atoms with E-state index in [2.05, 4.69) is 16.7 Å². The van der Waals surface area contributed by atoms with E-state index in [4.69, 9.17) is 4.74 Å². The Morgan fingerprint density at radius 2 is 2.00 bits per heavy atom. The smallest absolute Gasteiger partial charge is 0.243 e. The molecule has 1 aliphatic heterocycles. The Labute approximate surface area is 168 Å². The number of carbonyl (C=O) groups excluding carboxylic acids is 2. The van der Waals surface area contributed by atoms with Gasteiger partial charge in [0.05, 0.1) is 35.6 Å². The van der Waals surface area contributed by atoms with Crippen molar-refractivity contribution in [2.75, 3.05) is 19.4 Å². The summed E-state index contributed by atoms with van der Waals surface area (Å²) in [5.41, 5.74) is 0.487. The third-order valence-corrected chi connectivity index (χ3v) is 5.58. The van der Waals surface area contributed by atoms with E-state index in [1.165, 1.54) is 0 Å². The fourth-order valence-electron chi connectivity index (χ4n) is 2.86. The Morgan fingerprint density at radius 3 is 2.57 bits per heavy atom. The summed E-state index contributed by atoms with van der Waals surface area (Å²) in [6.07, 6.45) is 0.681. The van der Waals surface area contributed by atoms with Crippen LogP contribution in [0.1, 0.15) is 19.4 Å². The van der Waals surface area contributed by atoms with E-state index in [1.807, 2.05) is 30.3 Å². The molecule has 2 amide bonds. The van der Waals surface area contributed by atoms with Crippen LogP contribution in [0.4, 0.5) is 0 Å². The maximum absolute atomic E-state index is 12.1. The lowest BCUT2D eigenvalue weighted by molar-refractivity contribution is -0.125. The third-order valence-electron chi connectivity index (χ3n) is 4.58. The minimum Gasteiger partial charge on any atom is -0.497 e. The van der Waals surface area contributed by atoms with Gasteiger partial charge in [-0.1, -0.05) is 37.7 Å². The number of benzene rings is 1. The highest BCUT2D eigenvalue weighted by Gasteiger charge is 2.44. The molecule has 0 aromatic heterocycles. The van der Waals surface area contributed by atoms with Gasteiger partial charge in [0.15, 0.2) is 0 Å². The maximum atomic E-state index is 12.1. The Morgan fingerprint density at radius 1 is 1.32 bits per heavy atom. The molecule has 0 radical (unpaired) electrons. The first-order valence-corrected chi connectivity index (χ1v) is 9.69. The lowest BCUT2D eigenvalue weighted by atomic mass is 9.72. The summed E-state index contributed by atoms with van der Waals surface area (Å²) in [5, 5.41) is 24.4. The zero-order valence-electron chi connectivity index (χ0n) is 16.0. The maximum Gasteiger partial charge on any atom is 0.243 e. The second-order valence-corrected chi connectivity index (χ2v) is 7.81. The van der Waals surface area contributed by atoms with Crippen molar-refractivity contribution in [3.8, 4) is 17.9 Å². The number of nitrogens with zero attached hydrogens (tertiary/aromatic N) is 2. The number of rotatable bonds is 7. The minimum absolute atomic E-state index is 0.0662. The summed E-state index contributed by atoms with van der Waals surface area (Å²) in [7, 11) is 1.61. The second-order valence-electron chi connectivity index (χ2n) is 6.83. The number of hydrogen-bond acceptors (Lipinski definition) is 6. The van der Waals surface area contributed by atoms with E-state index in [-0.39, 0.29) is 11.7 Å². The van der Waals surface area contributed by atoms with Gasteiger partial charge in [0.25, 0.3) is 0 Å². The Kier molecular flexibility index (Phi) is 7.08. The first-order valence-electron chi connectivity index (χ1n) is 8.71. The van der Waals surface area contributed by atoms with Crippen molar-refractivity contribution in [1.82, 2.24) is 10.6 Å². The number of hydrogen-bond donors (Lipinski definition) is 2. The van der Waals surface area contributed by atoms with Crippen molar-refractivity contribution in [1.29, 1.82) is 10.5 Å². The van der Waals surface area contributed by atoms with Crippen LogP contribution in [0.2, 0.25) is 0 Å². The Bertz CT molecular complexity index is 863. The number of carbonyl (C=O) groups is 2. The topological polar surface area (TPSA) is 115 Å². The van der Waals surface area contributed by atoms with Crippen LogP contribution in [0.15, 0.2) is 34.9 Å². The van der Waals surface area contributed by atoms with Gasteiger partial charge in [-0.15, -0.1) is 0 Å². The number of amides is 2. The minimum atomic E-state index is -0.940. The molecule has 0 bridgehead atoms. The lowest BCUT2D eigenvalue weighted by Gasteiger charge is -2.34. The first-order chi connectivity index (χ1) is 13.3. The van der Waals surface area contributed by atoms with Crippen LogP contribution in [0.25, 0.3) is 0 Å². The van der Waals surface area contributed by atoms with E-state index in [9.17, 15) is 20.1 Å². The molecule has 0 spiro atoms. The van der Waals surface area contributed by atoms with E-state index >= 15 is 0 Å². The van der Waals surface area contributed by atoms with E-state index < -0.39 is 17.2 Å². The second kappa shape index (κ2) is 9.29. The quantitative estimate of drug-likeness (QED) is 0.727. The molecule has 8 heteroatoms. The van der Waals surface area contributed by atoms with E-state index in [0.29, 0.717) is 23.6 Å². The number of allylic oxidation sites excluding steroid dienone is 1. The van der Waals surface area contributed by atoms with Crippen molar-refractivity contribution >= 4 is 23.6 Å². The summed E-state index contributed by atoms with van der Waals surface area (Å²) in [6.45, 7) is 3.85. The molecule has 28 heavy (non-hydrogen) atoms. The van der Waals surface area contributed by atoms with Crippen LogP contribution >= 0.6 is 11.8 Å². The van der Waals surface area contributed by atoms with Gasteiger partial charge in [-0.2, -0.15) is 10.5 Å². The summed E-state index contributed by atoms with van der Waals surface area (Å²) in [5.74, 6) is -0.741. The molecule has 2 rings (SSSR count). The van der Waals surface area contributed by atoms with Gasteiger partial charge in [0, 0.05) is 12.0 Å². The standard InChI is InChI=1S/C20H22N4O3S/c1-20(2)15(10-21)18(26)24-19(16(20)11-22)28-12-17(25)23-9-8-13-4-6-14(27-3)7-5-13/h4-7,15H,8-9,12H2,1-3H3,(H,23,25)(H,24,26)/t15-/m1/s1. The summed E-state index contributed by atoms with van der Waals surface area (Å²) >= 11 is 1.10. The van der Waals surface area contributed by atoms with Crippen LogP contribution < -0.4 is 15.4 Å². The highest BCUT2D eigenvalue weighted by molar-refractivity contribution is 8.03. The molecule has 1 aromatic rings. The average Bonchev–Trinajstić information content (AvgIpc) is 2.66. The Hall–Kier alpha value is -2.97. The fourth-order valence-corrected chi connectivity index (χ4v) is 3.86. The zero-order chi connectivity index (χ0) is 20.7. The van der Waals surface area contributed by atoms with Gasteiger partial charge >= 0.3 is 0 Å². The molecule has 0 unspecified atom stereocenters. The molecule has 0 saturated carbocycles. The first kappa shape index (κ1) is 21.3.